The first-order chi connectivity index (χ1) is 21.9. The van der Waals surface area contributed by atoms with Crippen molar-refractivity contribution >= 4 is 28.5 Å². The number of hydrogen-bond acceptors (Lipinski definition) is 9. The maximum absolute atomic E-state index is 15.3. The molecule has 13 heteroatoms. The zero-order chi connectivity index (χ0) is 31.8. The van der Waals surface area contributed by atoms with Crippen LogP contribution in [0.3, 0.4) is 0 Å². The van der Waals surface area contributed by atoms with E-state index in [1.165, 1.54) is 43.5 Å². The quantitative estimate of drug-likeness (QED) is 0.123. The molecule has 0 unspecified atom stereocenters. The Labute approximate surface area is 258 Å². The molecule has 0 aliphatic carbocycles. The predicted octanol–water partition coefficient (Wildman–Crippen LogP) is 2.48. The Morgan fingerprint density at radius 1 is 0.844 bits per heavy atom. The summed E-state index contributed by atoms with van der Waals surface area (Å²) in [6.45, 7) is 2.04. The molecule has 1 aliphatic heterocycles. The minimum Gasteiger partial charge on any atom is -0.494 e. The number of fused-ring (bicyclic) bond motifs is 1. The summed E-state index contributed by atoms with van der Waals surface area (Å²) in [5.74, 6) is -2.20. The molecule has 1 fully saturated rings. The van der Waals surface area contributed by atoms with Gasteiger partial charge >= 0.3 is 0 Å². The topological polar surface area (TPSA) is 153 Å². The third-order valence-electron chi connectivity index (χ3n) is 7.39. The number of benzene rings is 3. The van der Waals surface area contributed by atoms with Crippen LogP contribution in [0.1, 0.15) is 36.6 Å². The summed E-state index contributed by atoms with van der Waals surface area (Å²) in [5, 5.41) is 16.8. The van der Waals surface area contributed by atoms with E-state index in [0.717, 1.165) is 10.9 Å². The van der Waals surface area contributed by atoms with Crippen molar-refractivity contribution < 1.29 is 37.7 Å². The third-order valence-corrected chi connectivity index (χ3v) is 7.39. The Morgan fingerprint density at radius 2 is 1.49 bits per heavy atom. The van der Waals surface area contributed by atoms with E-state index < -0.39 is 11.6 Å². The van der Waals surface area contributed by atoms with Crippen LogP contribution in [0.2, 0.25) is 0 Å². The molecule has 0 bridgehead atoms. The molecule has 1 aromatic heterocycles. The molecule has 12 nitrogen and oxygen atoms in total. The first-order valence-corrected chi connectivity index (χ1v) is 14.4. The van der Waals surface area contributed by atoms with Gasteiger partial charge in [0.25, 0.3) is 11.8 Å². The van der Waals surface area contributed by atoms with Crippen LogP contribution in [0.5, 0.6) is 11.5 Å². The highest BCUT2D eigenvalue weighted by Crippen LogP contribution is 2.31. The Bertz CT molecular complexity index is 1660. The summed E-state index contributed by atoms with van der Waals surface area (Å²) in [6, 6.07) is 13.3. The molecule has 0 saturated carbocycles. The zero-order valence-corrected chi connectivity index (χ0v) is 24.9. The minimum absolute atomic E-state index is 0.0433. The van der Waals surface area contributed by atoms with Gasteiger partial charge in [-0.25, -0.2) is 4.39 Å². The van der Waals surface area contributed by atoms with Crippen LogP contribution in [0.4, 0.5) is 4.39 Å². The summed E-state index contributed by atoms with van der Waals surface area (Å²) in [4.78, 5) is 39.5. The second-order valence-electron chi connectivity index (χ2n) is 10.3. The van der Waals surface area contributed by atoms with Gasteiger partial charge in [0, 0.05) is 42.3 Å². The average Bonchev–Trinajstić information content (AvgIpc) is 3.71. The van der Waals surface area contributed by atoms with E-state index in [1.54, 1.807) is 25.4 Å². The molecule has 0 spiro atoms. The third kappa shape index (κ3) is 7.45. The van der Waals surface area contributed by atoms with Gasteiger partial charge in [0.15, 0.2) is 17.3 Å². The fraction of sp³-hybridized carbons (Fsp3) is 0.312. The number of ketones is 1. The Balaban J connectivity index is 1.22. The summed E-state index contributed by atoms with van der Waals surface area (Å²) in [5.41, 5.74) is 1.39. The number of amides is 2. The van der Waals surface area contributed by atoms with E-state index in [2.05, 4.69) is 26.1 Å². The molecule has 45 heavy (non-hydrogen) atoms. The second-order valence-corrected chi connectivity index (χ2v) is 10.3. The van der Waals surface area contributed by atoms with E-state index in [9.17, 15) is 14.4 Å². The summed E-state index contributed by atoms with van der Waals surface area (Å²) in [7, 11) is 2.87. The lowest BCUT2D eigenvalue weighted by Gasteiger charge is -2.21. The van der Waals surface area contributed by atoms with E-state index in [4.69, 9.17) is 18.9 Å². The van der Waals surface area contributed by atoms with Gasteiger partial charge in [0.05, 0.1) is 50.7 Å². The maximum atomic E-state index is 15.3. The van der Waals surface area contributed by atoms with Crippen molar-refractivity contribution in [3.8, 4) is 11.5 Å². The molecule has 1 aliphatic rings. The Morgan fingerprint density at radius 3 is 2.20 bits per heavy atom. The predicted molar refractivity (Wildman–Crippen MR) is 162 cm³/mol. The summed E-state index contributed by atoms with van der Waals surface area (Å²) >= 11 is 0. The second kappa shape index (κ2) is 14.8. The zero-order valence-electron chi connectivity index (χ0n) is 24.9. The number of aromatic nitrogens is 2. The average molecular weight is 620 g/mol. The number of rotatable bonds is 14. The SMILES string of the molecule is COCCOCCOc1ccc(OC)c(F)c1C(=O)c1ccc(C(=O)N[C@@H]2CNC[C@@H]2NC(=O)c2ccc3cn[nH]c3c2)cc1. The highest BCUT2D eigenvalue weighted by molar-refractivity contribution is 6.11. The van der Waals surface area contributed by atoms with Crippen LogP contribution in [-0.4, -0.2) is 93.6 Å². The number of carbonyl (C=O) groups excluding carboxylic acids is 3. The van der Waals surface area contributed by atoms with Gasteiger partial charge < -0.3 is 34.9 Å². The van der Waals surface area contributed by atoms with Crippen LogP contribution in [0.15, 0.2) is 60.8 Å². The highest BCUT2D eigenvalue weighted by Gasteiger charge is 2.30. The highest BCUT2D eigenvalue weighted by atomic mass is 19.1. The fourth-order valence-electron chi connectivity index (χ4n) is 4.96. The lowest BCUT2D eigenvalue weighted by Crippen LogP contribution is -2.51. The molecule has 2 heterocycles. The Hall–Kier alpha value is -4.85. The number of nitrogens with one attached hydrogen (secondary N) is 4. The molecule has 236 valence electrons. The van der Waals surface area contributed by atoms with Gasteiger partial charge in [-0.3, -0.25) is 19.5 Å². The van der Waals surface area contributed by atoms with Gasteiger partial charge in [-0.1, -0.05) is 18.2 Å². The number of methoxy groups -OCH3 is 2. The first kappa shape index (κ1) is 31.6. The Kier molecular flexibility index (Phi) is 10.3. The lowest BCUT2D eigenvalue weighted by molar-refractivity contribution is 0.0541. The van der Waals surface area contributed by atoms with Gasteiger partial charge in [-0.15, -0.1) is 0 Å². The number of nitrogens with zero attached hydrogens (tertiary/aromatic N) is 1. The van der Waals surface area contributed by atoms with Crippen LogP contribution in [0.25, 0.3) is 10.9 Å². The molecule has 1 saturated heterocycles. The number of H-pyrrole nitrogens is 1. The van der Waals surface area contributed by atoms with Crippen molar-refractivity contribution in [2.75, 3.05) is 53.7 Å². The van der Waals surface area contributed by atoms with Crippen LogP contribution in [0, 0.1) is 5.82 Å². The molecular weight excluding hydrogens is 585 g/mol. The maximum Gasteiger partial charge on any atom is 0.251 e. The molecule has 3 aromatic carbocycles. The lowest BCUT2D eigenvalue weighted by atomic mass is 10.00. The minimum atomic E-state index is -0.853. The molecule has 4 N–H and O–H groups in total. The van der Waals surface area contributed by atoms with Gasteiger partial charge in [0.2, 0.25) is 0 Å². The standard InChI is InChI=1S/C32H34FN5O7/c1-42-11-12-44-13-14-45-26-9-10-27(43-2)29(33)28(26)30(39)19-3-5-20(6-4-19)31(40)36-24-17-34-18-25(24)37-32(41)21-7-8-22-16-35-38-23(22)15-21/h3-10,15-16,24-25,34H,11-14,17-18H2,1-2H3,(H,35,38)(H,36,40)(H,37,41)/t24-,25+/m1/s1. The number of aromatic amines is 1. The van der Waals surface area contributed by atoms with Crippen molar-refractivity contribution in [3.05, 3.63) is 88.9 Å². The van der Waals surface area contributed by atoms with Crippen LogP contribution >= 0.6 is 0 Å². The monoisotopic (exact) mass is 619 g/mol. The summed E-state index contributed by atoms with van der Waals surface area (Å²) in [6.07, 6.45) is 1.68. The van der Waals surface area contributed by atoms with Gasteiger partial charge in [0.1, 0.15) is 17.9 Å². The van der Waals surface area contributed by atoms with Gasteiger partial charge in [-0.05, 0) is 36.4 Å². The number of halogens is 1. The number of hydrogen-bond donors (Lipinski definition) is 4. The van der Waals surface area contributed by atoms with Crippen molar-refractivity contribution in [3.63, 3.8) is 0 Å². The molecule has 5 rings (SSSR count). The fourth-order valence-corrected chi connectivity index (χ4v) is 4.96. The van der Waals surface area contributed by atoms with Crippen molar-refractivity contribution in [1.82, 2.24) is 26.1 Å². The molecule has 4 aromatic rings. The molecular formula is C32H34FN5O7. The number of ether oxygens (including phenoxy) is 4. The van der Waals surface area contributed by atoms with E-state index in [1.807, 2.05) is 6.07 Å². The molecule has 2 atom stereocenters. The summed E-state index contributed by atoms with van der Waals surface area (Å²) < 4.78 is 36.3. The number of carbonyl (C=O) groups is 3. The van der Waals surface area contributed by atoms with E-state index in [0.29, 0.717) is 37.4 Å². The van der Waals surface area contributed by atoms with Crippen molar-refractivity contribution in [2.24, 2.45) is 0 Å². The van der Waals surface area contributed by atoms with E-state index in [-0.39, 0.29) is 59.7 Å². The van der Waals surface area contributed by atoms with Crippen LogP contribution in [-0.2, 0) is 9.47 Å². The van der Waals surface area contributed by atoms with Gasteiger partial charge in [-0.2, -0.15) is 5.10 Å². The van der Waals surface area contributed by atoms with Crippen LogP contribution < -0.4 is 25.4 Å². The first-order valence-electron chi connectivity index (χ1n) is 14.4. The van der Waals surface area contributed by atoms with Crippen molar-refractivity contribution in [2.45, 2.75) is 12.1 Å². The largest absolute Gasteiger partial charge is 0.494 e. The molecule has 2 amide bonds. The smallest absolute Gasteiger partial charge is 0.251 e. The van der Waals surface area contributed by atoms with E-state index >= 15 is 4.39 Å². The molecule has 0 radical (unpaired) electrons. The normalized spacial score (nSPS) is 16.0. The van der Waals surface area contributed by atoms with Crippen molar-refractivity contribution in [1.29, 1.82) is 0 Å².